The SMILES string of the molecule is CCCCCC/C=C\C/C=C\CCCCCCCCCC(=O)OCCCCCCCCCCCCCCCC(=O)NC(CO)C(O)/C=C/CCCCCCCCC. The summed E-state index contributed by atoms with van der Waals surface area (Å²) in [7, 11) is 0. The zero-order valence-electron chi connectivity index (χ0n) is 37.8. The topological polar surface area (TPSA) is 95.9 Å². The lowest BCUT2D eigenvalue weighted by molar-refractivity contribution is -0.143. The van der Waals surface area contributed by atoms with Crippen LogP contribution in [0.4, 0.5) is 0 Å². The van der Waals surface area contributed by atoms with Gasteiger partial charge >= 0.3 is 5.97 Å². The predicted molar refractivity (Wildman–Crippen MR) is 246 cm³/mol. The van der Waals surface area contributed by atoms with Gasteiger partial charge in [-0.1, -0.05) is 211 Å². The molecular formula is C51H95NO5. The summed E-state index contributed by atoms with van der Waals surface area (Å²) in [6.45, 7) is 4.82. The molecule has 0 saturated heterocycles. The van der Waals surface area contributed by atoms with Crippen LogP contribution in [0, 0.1) is 0 Å². The van der Waals surface area contributed by atoms with E-state index < -0.39 is 12.1 Å². The van der Waals surface area contributed by atoms with E-state index in [9.17, 15) is 19.8 Å². The van der Waals surface area contributed by atoms with E-state index in [1.807, 2.05) is 6.08 Å². The van der Waals surface area contributed by atoms with Crippen LogP contribution >= 0.6 is 0 Å². The molecule has 0 aliphatic carbocycles. The first-order chi connectivity index (χ1) is 28.0. The summed E-state index contributed by atoms with van der Waals surface area (Å²) < 4.78 is 5.46. The molecule has 0 aromatic carbocycles. The lowest BCUT2D eigenvalue weighted by Crippen LogP contribution is -2.45. The molecule has 0 fully saturated rings. The fourth-order valence-electron chi connectivity index (χ4n) is 7.31. The van der Waals surface area contributed by atoms with Gasteiger partial charge < -0.3 is 20.3 Å². The molecule has 0 bridgehead atoms. The fourth-order valence-corrected chi connectivity index (χ4v) is 7.31. The predicted octanol–water partition coefficient (Wildman–Crippen LogP) is 14.5. The highest BCUT2D eigenvalue weighted by Crippen LogP contribution is 2.15. The van der Waals surface area contributed by atoms with Crippen molar-refractivity contribution < 1.29 is 24.5 Å². The average molecular weight is 802 g/mol. The summed E-state index contributed by atoms with van der Waals surface area (Å²) in [5, 5.41) is 22.9. The molecule has 0 aliphatic heterocycles. The average Bonchev–Trinajstić information content (AvgIpc) is 3.21. The number of ether oxygens (including phenoxy) is 1. The van der Waals surface area contributed by atoms with Crippen LogP contribution in [0.15, 0.2) is 36.5 Å². The number of hydrogen-bond acceptors (Lipinski definition) is 5. The molecule has 0 spiro atoms. The minimum absolute atomic E-state index is 0.0153. The van der Waals surface area contributed by atoms with Crippen molar-refractivity contribution in [1.29, 1.82) is 0 Å². The van der Waals surface area contributed by atoms with E-state index in [2.05, 4.69) is 43.5 Å². The van der Waals surface area contributed by atoms with Crippen LogP contribution in [0.3, 0.4) is 0 Å². The number of unbranched alkanes of at least 4 members (excludes halogenated alkanes) is 30. The Morgan fingerprint density at radius 1 is 0.491 bits per heavy atom. The van der Waals surface area contributed by atoms with Gasteiger partial charge in [0, 0.05) is 12.8 Å². The van der Waals surface area contributed by atoms with Crippen LogP contribution in [-0.2, 0) is 14.3 Å². The summed E-state index contributed by atoms with van der Waals surface area (Å²) in [5.74, 6) is -0.100. The second-order valence-corrected chi connectivity index (χ2v) is 16.8. The third-order valence-electron chi connectivity index (χ3n) is 11.2. The molecule has 0 saturated carbocycles. The normalized spacial score (nSPS) is 13.0. The van der Waals surface area contributed by atoms with E-state index in [0.29, 0.717) is 19.4 Å². The van der Waals surface area contributed by atoms with Gasteiger partial charge in [-0.15, -0.1) is 0 Å². The van der Waals surface area contributed by atoms with Crippen molar-refractivity contribution in [3.8, 4) is 0 Å². The molecule has 0 aromatic heterocycles. The molecule has 6 nitrogen and oxygen atoms in total. The molecule has 334 valence electrons. The summed E-state index contributed by atoms with van der Waals surface area (Å²) in [5.41, 5.74) is 0. The smallest absolute Gasteiger partial charge is 0.305 e. The van der Waals surface area contributed by atoms with E-state index in [-0.39, 0.29) is 18.5 Å². The first kappa shape index (κ1) is 55.1. The van der Waals surface area contributed by atoms with Gasteiger partial charge in [0.1, 0.15) is 0 Å². The fraction of sp³-hybridized carbons (Fsp3) is 0.843. The monoisotopic (exact) mass is 802 g/mol. The summed E-state index contributed by atoms with van der Waals surface area (Å²) >= 11 is 0. The number of aliphatic hydroxyl groups excluding tert-OH is 2. The van der Waals surface area contributed by atoms with E-state index in [1.165, 1.54) is 161 Å². The Bertz CT molecular complexity index is 931. The first-order valence-corrected chi connectivity index (χ1v) is 24.8. The molecule has 0 aliphatic rings. The quantitative estimate of drug-likeness (QED) is 0.0324. The lowest BCUT2D eigenvalue weighted by Gasteiger charge is -2.20. The Hall–Kier alpha value is -1.92. The zero-order valence-corrected chi connectivity index (χ0v) is 37.8. The van der Waals surface area contributed by atoms with E-state index in [1.54, 1.807) is 6.08 Å². The number of amides is 1. The van der Waals surface area contributed by atoms with Gasteiger partial charge in [-0.05, 0) is 64.2 Å². The van der Waals surface area contributed by atoms with Crippen molar-refractivity contribution in [2.24, 2.45) is 0 Å². The number of carbonyl (C=O) groups is 2. The number of aliphatic hydroxyl groups is 2. The third-order valence-corrected chi connectivity index (χ3v) is 11.2. The second kappa shape index (κ2) is 46.8. The van der Waals surface area contributed by atoms with Gasteiger partial charge in [0.25, 0.3) is 0 Å². The number of carbonyl (C=O) groups excluding carboxylic acids is 2. The van der Waals surface area contributed by atoms with Crippen molar-refractivity contribution in [3.63, 3.8) is 0 Å². The lowest BCUT2D eigenvalue weighted by atomic mass is 10.0. The molecular weight excluding hydrogens is 707 g/mol. The van der Waals surface area contributed by atoms with Crippen molar-refractivity contribution in [2.45, 2.75) is 264 Å². The zero-order chi connectivity index (χ0) is 41.5. The first-order valence-electron chi connectivity index (χ1n) is 24.8. The van der Waals surface area contributed by atoms with Crippen molar-refractivity contribution in [1.82, 2.24) is 5.32 Å². The molecule has 0 heterocycles. The van der Waals surface area contributed by atoms with Crippen LogP contribution in [0.2, 0.25) is 0 Å². The maximum absolute atomic E-state index is 12.4. The number of allylic oxidation sites excluding steroid dienone is 5. The Morgan fingerprint density at radius 3 is 1.35 bits per heavy atom. The van der Waals surface area contributed by atoms with Crippen LogP contribution in [0.5, 0.6) is 0 Å². The minimum atomic E-state index is -0.851. The Labute approximate surface area is 353 Å². The van der Waals surface area contributed by atoms with E-state index >= 15 is 0 Å². The highest BCUT2D eigenvalue weighted by Gasteiger charge is 2.18. The van der Waals surface area contributed by atoms with E-state index in [0.717, 1.165) is 64.2 Å². The molecule has 6 heteroatoms. The number of nitrogens with one attached hydrogen (secondary N) is 1. The molecule has 3 N–H and O–H groups in total. The number of hydrogen-bond donors (Lipinski definition) is 3. The summed E-state index contributed by atoms with van der Waals surface area (Å²) in [6, 6.07) is -0.636. The summed E-state index contributed by atoms with van der Waals surface area (Å²) in [6.07, 6.45) is 55.7. The Kier molecular flexibility index (Phi) is 45.2. The molecule has 0 aromatic rings. The van der Waals surface area contributed by atoms with Gasteiger partial charge in [0.2, 0.25) is 5.91 Å². The van der Waals surface area contributed by atoms with Crippen LogP contribution < -0.4 is 5.32 Å². The molecule has 57 heavy (non-hydrogen) atoms. The van der Waals surface area contributed by atoms with Gasteiger partial charge in [-0.2, -0.15) is 0 Å². The van der Waals surface area contributed by atoms with Gasteiger partial charge in [-0.25, -0.2) is 0 Å². The maximum Gasteiger partial charge on any atom is 0.305 e. The standard InChI is InChI=1S/C51H95NO5/c1-3-5-7-9-11-13-14-15-16-17-18-19-22-25-29-33-37-41-45-51(56)57-46-42-38-34-30-26-23-20-21-24-28-32-36-40-44-50(55)52-48(47-53)49(54)43-39-35-31-27-12-10-8-6-4-2/h13-14,16-17,39,43,48-49,53-54H,3-12,15,18-38,40-42,44-47H2,1-2H3,(H,52,55)/b14-13-,17-16-,43-39+. The second-order valence-electron chi connectivity index (χ2n) is 16.8. The van der Waals surface area contributed by atoms with Crippen molar-refractivity contribution >= 4 is 11.9 Å². The maximum atomic E-state index is 12.4. The van der Waals surface area contributed by atoms with Crippen molar-refractivity contribution in [2.75, 3.05) is 13.2 Å². The highest BCUT2D eigenvalue weighted by molar-refractivity contribution is 5.76. The highest BCUT2D eigenvalue weighted by atomic mass is 16.5. The van der Waals surface area contributed by atoms with Gasteiger partial charge in [0.05, 0.1) is 25.4 Å². The minimum Gasteiger partial charge on any atom is -0.466 e. The largest absolute Gasteiger partial charge is 0.466 e. The van der Waals surface area contributed by atoms with Crippen molar-refractivity contribution in [3.05, 3.63) is 36.5 Å². The van der Waals surface area contributed by atoms with Gasteiger partial charge in [-0.3, -0.25) is 9.59 Å². The van der Waals surface area contributed by atoms with Crippen LogP contribution in [-0.4, -0.2) is 47.4 Å². The third kappa shape index (κ3) is 43.5. The van der Waals surface area contributed by atoms with Crippen LogP contribution in [0.25, 0.3) is 0 Å². The molecule has 2 atom stereocenters. The number of esters is 1. The molecule has 0 radical (unpaired) electrons. The Balaban J connectivity index is 3.45. The van der Waals surface area contributed by atoms with E-state index in [4.69, 9.17) is 4.74 Å². The molecule has 2 unspecified atom stereocenters. The molecule has 1 amide bonds. The van der Waals surface area contributed by atoms with Gasteiger partial charge in [0.15, 0.2) is 0 Å². The number of rotatable bonds is 45. The summed E-state index contributed by atoms with van der Waals surface area (Å²) in [4.78, 5) is 24.4. The Morgan fingerprint density at radius 2 is 0.877 bits per heavy atom. The van der Waals surface area contributed by atoms with Crippen LogP contribution in [0.1, 0.15) is 251 Å². The molecule has 0 rings (SSSR count).